The first-order valence-electron chi connectivity index (χ1n) is 7.10. The lowest BCUT2D eigenvalue weighted by molar-refractivity contribution is -0.432. The number of azo groups is 1. The summed E-state index contributed by atoms with van der Waals surface area (Å²) in [6.07, 6.45) is 0. The highest BCUT2D eigenvalue weighted by Crippen LogP contribution is 2.27. The topological polar surface area (TPSA) is 117 Å². The SMILES string of the molecule is Cc1c(N=Nc2ccc(SOOO)cc2)c(=O)[nH]c2cc(O)ccc12. The molecule has 0 amide bonds. The zero-order chi connectivity index (χ0) is 17.8. The molecule has 0 saturated heterocycles. The summed E-state index contributed by atoms with van der Waals surface area (Å²) in [7, 11) is 0. The van der Waals surface area contributed by atoms with Gasteiger partial charge in [0.1, 0.15) is 5.75 Å². The standard InChI is InChI=1S/C16H13N3O5S/c1-9-13-7-4-11(20)8-14(13)17-16(21)15(9)19-18-10-2-5-12(6-3-10)25-24-23-22/h2-8,20,22H,1H3,(H,17,21). The van der Waals surface area contributed by atoms with Gasteiger partial charge in [-0.3, -0.25) is 4.79 Å². The van der Waals surface area contributed by atoms with E-state index in [-0.39, 0.29) is 17.0 Å². The first kappa shape index (κ1) is 17.1. The number of nitrogens with zero attached hydrogens (tertiary/aromatic N) is 2. The molecule has 3 N–H and O–H groups in total. The van der Waals surface area contributed by atoms with Gasteiger partial charge in [0.25, 0.3) is 5.56 Å². The van der Waals surface area contributed by atoms with Crippen molar-refractivity contribution in [2.75, 3.05) is 0 Å². The van der Waals surface area contributed by atoms with E-state index in [2.05, 4.69) is 24.6 Å². The van der Waals surface area contributed by atoms with Gasteiger partial charge < -0.3 is 10.1 Å². The molecule has 1 heterocycles. The number of aromatic amines is 1. The number of aromatic nitrogens is 1. The summed E-state index contributed by atoms with van der Waals surface area (Å²) in [6.45, 7) is 1.77. The van der Waals surface area contributed by atoms with Gasteiger partial charge in [-0.05, 0) is 48.9 Å². The second kappa shape index (κ2) is 7.45. The van der Waals surface area contributed by atoms with Crippen molar-refractivity contribution in [1.82, 2.24) is 4.98 Å². The third kappa shape index (κ3) is 3.86. The molecule has 0 radical (unpaired) electrons. The Bertz CT molecular complexity index is 985. The van der Waals surface area contributed by atoms with Gasteiger partial charge in [0.2, 0.25) is 0 Å². The highest BCUT2D eigenvalue weighted by Gasteiger charge is 2.09. The van der Waals surface area contributed by atoms with Crippen molar-refractivity contribution in [2.45, 2.75) is 11.8 Å². The lowest BCUT2D eigenvalue weighted by Crippen LogP contribution is -2.06. The fourth-order valence-electron chi connectivity index (χ4n) is 2.29. The molecule has 0 aliphatic rings. The number of phenols is 1. The van der Waals surface area contributed by atoms with Crippen molar-refractivity contribution in [3.63, 3.8) is 0 Å². The Balaban J connectivity index is 1.90. The number of rotatable bonds is 5. The molecule has 128 valence electrons. The van der Waals surface area contributed by atoms with E-state index in [0.29, 0.717) is 21.7 Å². The molecule has 9 heteroatoms. The Morgan fingerprint density at radius 3 is 2.60 bits per heavy atom. The van der Waals surface area contributed by atoms with Gasteiger partial charge in [-0.25, -0.2) is 5.26 Å². The smallest absolute Gasteiger partial charge is 0.276 e. The quantitative estimate of drug-likeness (QED) is 0.269. The Kier molecular flexibility index (Phi) is 5.10. The molecule has 0 spiro atoms. The predicted molar refractivity (Wildman–Crippen MR) is 92.2 cm³/mol. The molecular formula is C16H13N3O5S. The Hall–Kier alpha value is -2.72. The number of benzene rings is 2. The molecule has 0 aliphatic heterocycles. The third-order valence-corrected chi connectivity index (χ3v) is 4.08. The van der Waals surface area contributed by atoms with E-state index < -0.39 is 0 Å². The van der Waals surface area contributed by atoms with Crippen LogP contribution in [0.2, 0.25) is 0 Å². The van der Waals surface area contributed by atoms with Gasteiger partial charge >= 0.3 is 0 Å². The minimum absolute atomic E-state index is 0.0745. The number of fused-ring (bicyclic) bond motifs is 1. The number of hydrogen-bond acceptors (Lipinski definition) is 8. The molecule has 3 rings (SSSR count). The van der Waals surface area contributed by atoms with Crippen LogP contribution in [-0.4, -0.2) is 15.3 Å². The number of H-pyrrole nitrogens is 1. The van der Waals surface area contributed by atoms with E-state index in [1.807, 2.05) is 0 Å². The molecule has 0 fully saturated rings. The molecule has 3 aromatic rings. The van der Waals surface area contributed by atoms with E-state index in [0.717, 1.165) is 17.4 Å². The van der Waals surface area contributed by atoms with Crippen LogP contribution in [0.25, 0.3) is 10.9 Å². The van der Waals surface area contributed by atoms with E-state index in [1.54, 1.807) is 43.3 Å². The largest absolute Gasteiger partial charge is 0.508 e. The van der Waals surface area contributed by atoms with Gasteiger partial charge in [-0.15, -0.1) is 9.45 Å². The molecule has 0 atom stereocenters. The van der Waals surface area contributed by atoms with Crippen LogP contribution in [0.4, 0.5) is 11.4 Å². The van der Waals surface area contributed by atoms with Gasteiger partial charge in [-0.1, -0.05) is 5.04 Å². The third-order valence-electron chi connectivity index (χ3n) is 3.49. The van der Waals surface area contributed by atoms with Gasteiger partial charge in [0, 0.05) is 16.3 Å². The summed E-state index contributed by atoms with van der Waals surface area (Å²) < 4.78 is 4.32. The molecule has 0 unspecified atom stereocenters. The molecule has 2 aromatic carbocycles. The van der Waals surface area contributed by atoms with Crippen LogP contribution in [0.3, 0.4) is 0 Å². The van der Waals surface area contributed by atoms with Crippen LogP contribution in [0.1, 0.15) is 5.56 Å². The molecule has 8 nitrogen and oxygen atoms in total. The number of phenolic OH excluding ortho intramolecular Hbond substituents is 1. The van der Waals surface area contributed by atoms with Crippen molar-refractivity contribution in [3.8, 4) is 5.75 Å². The van der Waals surface area contributed by atoms with Crippen LogP contribution in [0.15, 0.2) is 62.4 Å². The fourth-order valence-corrected chi connectivity index (χ4v) is 2.65. The number of aryl methyl sites for hydroxylation is 1. The van der Waals surface area contributed by atoms with Crippen molar-refractivity contribution < 1.29 is 19.7 Å². The zero-order valence-electron chi connectivity index (χ0n) is 13.0. The average Bonchev–Trinajstić information content (AvgIpc) is 2.60. The molecule has 1 aromatic heterocycles. The summed E-state index contributed by atoms with van der Waals surface area (Å²) in [5, 5.41) is 30.0. The maximum atomic E-state index is 12.2. The molecule has 0 bridgehead atoms. The predicted octanol–water partition coefficient (Wildman–Crippen LogP) is 4.39. The second-order valence-corrected chi connectivity index (χ2v) is 5.85. The minimum Gasteiger partial charge on any atom is -0.508 e. The lowest BCUT2D eigenvalue weighted by Gasteiger charge is -2.05. The summed E-state index contributed by atoms with van der Waals surface area (Å²) in [4.78, 5) is 15.6. The number of pyridine rings is 1. The molecule has 0 aliphatic carbocycles. The second-order valence-electron chi connectivity index (χ2n) is 5.08. The van der Waals surface area contributed by atoms with Crippen molar-refractivity contribution in [2.24, 2.45) is 10.2 Å². The summed E-state index contributed by atoms with van der Waals surface area (Å²) in [5.74, 6) is 0.0745. The fraction of sp³-hybridized carbons (Fsp3) is 0.0625. The van der Waals surface area contributed by atoms with Gasteiger partial charge in [0.15, 0.2) is 5.69 Å². The monoisotopic (exact) mass is 359 g/mol. The van der Waals surface area contributed by atoms with E-state index in [4.69, 9.17) is 5.26 Å². The maximum Gasteiger partial charge on any atom is 0.276 e. The minimum atomic E-state index is -0.389. The Morgan fingerprint density at radius 2 is 1.88 bits per heavy atom. The van der Waals surface area contributed by atoms with Crippen LogP contribution in [-0.2, 0) is 9.37 Å². The maximum absolute atomic E-state index is 12.2. The Labute approximate surface area is 145 Å². The van der Waals surface area contributed by atoms with Crippen molar-refractivity contribution in [1.29, 1.82) is 0 Å². The first-order valence-corrected chi connectivity index (χ1v) is 7.85. The Morgan fingerprint density at radius 1 is 1.12 bits per heavy atom. The van der Waals surface area contributed by atoms with Crippen LogP contribution < -0.4 is 5.56 Å². The van der Waals surface area contributed by atoms with Gasteiger partial charge in [-0.2, -0.15) is 5.11 Å². The zero-order valence-corrected chi connectivity index (χ0v) is 13.8. The first-order chi connectivity index (χ1) is 12.1. The normalized spacial score (nSPS) is 11.4. The number of aromatic hydroxyl groups is 1. The van der Waals surface area contributed by atoms with Gasteiger partial charge in [0.05, 0.1) is 23.2 Å². The molecule has 0 saturated carbocycles. The van der Waals surface area contributed by atoms with Crippen LogP contribution >= 0.6 is 12.0 Å². The van der Waals surface area contributed by atoms with E-state index in [1.165, 1.54) is 6.07 Å². The highest BCUT2D eigenvalue weighted by molar-refractivity contribution is 7.94. The van der Waals surface area contributed by atoms with E-state index in [9.17, 15) is 9.90 Å². The van der Waals surface area contributed by atoms with E-state index >= 15 is 0 Å². The highest BCUT2D eigenvalue weighted by atomic mass is 32.2. The summed E-state index contributed by atoms with van der Waals surface area (Å²) in [6, 6.07) is 11.5. The average molecular weight is 359 g/mol. The van der Waals surface area contributed by atoms with Crippen LogP contribution in [0, 0.1) is 6.92 Å². The number of hydrogen-bond donors (Lipinski definition) is 3. The summed E-state index contributed by atoms with van der Waals surface area (Å²) in [5.41, 5.74) is 1.56. The van der Waals surface area contributed by atoms with Crippen molar-refractivity contribution in [3.05, 3.63) is 58.4 Å². The molecule has 25 heavy (non-hydrogen) atoms. The lowest BCUT2D eigenvalue weighted by atomic mass is 10.1. The van der Waals surface area contributed by atoms with Crippen molar-refractivity contribution >= 4 is 34.3 Å². The molecular weight excluding hydrogens is 346 g/mol. The number of nitrogens with one attached hydrogen (secondary N) is 1. The summed E-state index contributed by atoms with van der Waals surface area (Å²) >= 11 is 0.831. The van der Waals surface area contributed by atoms with Crippen LogP contribution in [0.5, 0.6) is 5.75 Å².